The smallest absolute Gasteiger partial charge is 0.273 e. The highest BCUT2D eigenvalue weighted by atomic mass is 32.1. The first-order chi connectivity index (χ1) is 22.7. The van der Waals surface area contributed by atoms with Crippen LogP contribution in [0.15, 0.2) is 78.2 Å². The van der Waals surface area contributed by atoms with E-state index < -0.39 is 5.67 Å². The van der Waals surface area contributed by atoms with Gasteiger partial charge in [0.15, 0.2) is 0 Å². The van der Waals surface area contributed by atoms with E-state index in [-0.39, 0.29) is 29.7 Å². The number of benzene rings is 3. The van der Waals surface area contributed by atoms with Crippen molar-refractivity contribution in [3.8, 4) is 11.1 Å². The van der Waals surface area contributed by atoms with Crippen LogP contribution in [0, 0.1) is 0 Å². The number of fused-ring (bicyclic) bond motifs is 1. The first-order valence-corrected chi connectivity index (χ1v) is 17.4. The molecule has 0 spiro atoms. The van der Waals surface area contributed by atoms with Crippen LogP contribution in [0.4, 0.5) is 4.39 Å². The van der Waals surface area contributed by atoms with E-state index in [0.29, 0.717) is 49.5 Å². The third kappa shape index (κ3) is 6.21. The molecule has 9 heteroatoms. The Morgan fingerprint density at radius 3 is 2.11 bits per heavy atom. The van der Waals surface area contributed by atoms with Crippen LogP contribution in [0.3, 0.4) is 0 Å². The Morgan fingerprint density at radius 1 is 0.809 bits per heavy atom. The van der Waals surface area contributed by atoms with E-state index in [1.165, 1.54) is 25.2 Å². The van der Waals surface area contributed by atoms with Gasteiger partial charge in [0, 0.05) is 61.2 Å². The number of piperidine rings is 2. The van der Waals surface area contributed by atoms with Crippen molar-refractivity contribution >= 4 is 29.1 Å². The van der Waals surface area contributed by atoms with Crippen molar-refractivity contribution in [2.75, 3.05) is 26.2 Å². The van der Waals surface area contributed by atoms with Crippen molar-refractivity contribution in [1.29, 1.82) is 0 Å². The minimum Gasteiger partial charge on any atom is -0.339 e. The molecule has 0 aliphatic carbocycles. The highest BCUT2D eigenvalue weighted by Crippen LogP contribution is 2.34. The minimum absolute atomic E-state index is 0.00753. The van der Waals surface area contributed by atoms with E-state index in [4.69, 9.17) is 4.98 Å². The van der Waals surface area contributed by atoms with Gasteiger partial charge in [-0.15, -0.1) is 11.3 Å². The van der Waals surface area contributed by atoms with Crippen LogP contribution < -0.4 is 0 Å². The summed E-state index contributed by atoms with van der Waals surface area (Å²) in [7, 11) is 0. The van der Waals surface area contributed by atoms with Crippen LogP contribution in [0.1, 0.15) is 92.8 Å². The number of nitrogens with zero attached hydrogens (tertiary/aromatic N) is 4. The van der Waals surface area contributed by atoms with Crippen molar-refractivity contribution in [3.63, 3.8) is 0 Å². The Labute approximate surface area is 279 Å². The minimum atomic E-state index is -1.43. The number of carbonyl (C=O) groups excluding carboxylic acids is 3. The second kappa shape index (κ2) is 12.7. The van der Waals surface area contributed by atoms with Gasteiger partial charge < -0.3 is 14.7 Å². The Kier molecular flexibility index (Phi) is 8.43. The maximum Gasteiger partial charge on any atom is 0.273 e. The Morgan fingerprint density at radius 2 is 1.43 bits per heavy atom. The summed E-state index contributed by atoms with van der Waals surface area (Å²) in [5.41, 5.74) is 3.91. The third-order valence-corrected chi connectivity index (χ3v) is 11.0. The molecule has 0 bridgehead atoms. The van der Waals surface area contributed by atoms with E-state index in [0.717, 1.165) is 52.9 Å². The van der Waals surface area contributed by atoms with Gasteiger partial charge in [-0.25, -0.2) is 9.37 Å². The molecule has 7 rings (SSSR count). The van der Waals surface area contributed by atoms with Crippen molar-refractivity contribution < 1.29 is 18.8 Å². The molecule has 7 nitrogen and oxygen atoms in total. The molecule has 2 saturated heterocycles. The van der Waals surface area contributed by atoms with E-state index in [9.17, 15) is 18.8 Å². The summed E-state index contributed by atoms with van der Waals surface area (Å²) in [5, 5.41) is 2.82. The van der Waals surface area contributed by atoms with E-state index in [2.05, 4.69) is 0 Å². The zero-order valence-corrected chi connectivity index (χ0v) is 27.6. The maximum absolute atomic E-state index is 14.4. The van der Waals surface area contributed by atoms with Gasteiger partial charge in [0.25, 0.3) is 17.7 Å². The number of carbonyl (C=O) groups is 3. The number of hydrogen-bond acceptors (Lipinski definition) is 5. The second-order valence-electron chi connectivity index (χ2n) is 13.3. The van der Waals surface area contributed by atoms with E-state index in [1.54, 1.807) is 12.1 Å². The largest absolute Gasteiger partial charge is 0.339 e. The van der Waals surface area contributed by atoms with Crippen molar-refractivity contribution in [2.24, 2.45) is 0 Å². The summed E-state index contributed by atoms with van der Waals surface area (Å²) in [6.07, 6.45) is 3.10. The number of alkyl halides is 1. The van der Waals surface area contributed by atoms with Gasteiger partial charge in [-0.2, -0.15) is 0 Å². The molecule has 0 radical (unpaired) electrons. The van der Waals surface area contributed by atoms with Crippen molar-refractivity contribution in [1.82, 2.24) is 19.7 Å². The molecule has 0 atom stereocenters. The van der Waals surface area contributed by atoms with Gasteiger partial charge in [-0.1, -0.05) is 60.7 Å². The fourth-order valence-corrected chi connectivity index (χ4v) is 8.12. The monoisotopic (exact) mass is 650 g/mol. The van der Waals surface area contributed by atoms with Gasteiger partial charge in [-0.05, 0) is 73.9 Å². The lowest BCUT2D eigenvalue weighted by atomic mass is 9.93. The van der Waals surface area contributed by atoms with Crippen LogP contribution in [0.5, 0.6) is 0 Å². The number of halogens is 1. The van der Waals surface area contributed by atoms with E-state index in [1.807, 2.05) is 80.7 Å². The highest BCUT2D eigenvalue weighted by Gasteiger charge is 2.36. The lowest BCUT2D eigenvalue weighted by Gasteiger charge is -2.36. The summed E-state index contributed by atoms with van der Waals surface area (Å²) in [6, 6.07) is 22.9. The van der Waals surface area contributed by atoms with Crippen molar-refractivity contribution in [2.45, 2.75) is 63.7 Å². The molecule has 3 aromatic carbocycles. The van der Waals surface area contributed by atoms with Crippen LogP contribution in [-0.2, 0) is 12.2 Å². The normalized spacial score (nSPS) is 17.7. The Bertz CT molecular complexity index is 1800. The zero-order valence-electron chi connectivity index (χ0n) is 26.8. The quantitative estimate of drug-likeness (QED) is 0.220. The van der Waals surface area contributed by atoms with E-state index >= 15 is 0 Å². The van der Waals surface area contributed by atoms with Crippen molar-refractivity contribution in [3.05, 3.63) is 111 Å². The third-order valence-electron chi connectivity index (χ3n) is 9.95. The van der Waals surface area contributed by atoms with Gasteiger partial charge in [0.05, 0.1) is 5.01 Å². The lowest BCUT2D eigenvalue weighted by molar-refractivity contribution is 0.0532. The average molecular weight is 651 g/mol. The van der Waals surface area contributed by atoms with Gasteiger partial charge in [0.2, 0.25) is 0 Å². The molecule has 3 aliphatic rings. The fraction of sp³-hybridized carbons (Fsp3) is 0.368. The fourth-order valence-electron chi connectivity index (χ4n) is 7.16. The number of likely N-dealkylation sites (tertiary alicyclic amines) is 2. The van der Waals surface area contributed by atoms with Crippen LogP contribution in [0.2, 0.25) is 0 Å². The summed E-state index contributed by atoms with van der Waals surface area (Å²) < 4.78 is 14.4. The predicted octanol–water partition coefficient (Wildman–Crippen LogP) is 7.30. The van der Waals surface area contributed by atoms with Gasteiger partial charge in [-0.3, -0.25) is 14.4 Å². The average Bonchev–Trinajstić information content (AvgIpc) is 3.73. The summed E-state index contributed by atoms with van der Waals surface area (Å²) in [4.78, 5) is 50.6. The first kappa shape index (κ1) is 31.2. The molecular weight excluding hydrogens is 612 g/mol. The summed E-state index contributed by atoms with van der Waals surface area (Å²) >= 11 is 1.53. The molecule has 0 unspecified atom stereocenters. The first-order valence-electron chi connectivity index (χ1n) is 16.5. The molecule has 4 heterocycles. The molecule has 4 aromatic rings. The van der Waals surface area contributed by atoms with Crippen LogP contribution in [-0.4, -0.2) is 69.6 Å². The number of thiazole rings is 1. The van der Waals surface area contributed by atoms with Gasteiger partial charge >= 0.3 is 0 Å². The Hall–Kier alpha value is -4.37. The maximum atomic E-state index is 14.4. The molecular formula is C38H39FN4O3S. The van der Waals surface area contributed by atoms with Gasteiger partial charge in [0.1, 0.15) is 11.4 Å². The Balaban J connectivity index is 0.939. The zero-order chi connectivity index (χ0) is 32.7. The molecule has 0 N–H and O–H groups in total. The highest BCUT2D eigenvalue weighted by molar-refractivity contribution is 7.09. The SMILES string of the molecule is CC(C)(F)c1ccc(-c2ccccc2C(=O)N2CCC(c3nc(C(=O)N4CCC(N5Cc6ccccc6C5=O)CC4)cs3)CC2)cc1. The molecule has 1 aromatic heterocycles. The number of amides is 3. The second-order valence-corrected chi connectivity index (χ2v) is 14.2. The van der Waals surface area contributed by atoms with Crippen LogP contribution in [0.25, 0.3) is 11.1 Å². The summed E-state index contributed by atoms with van der Waals surface area (Å²) in [6.45, 7) is 6.17. The number of rotatable bonds is 6. The number of aromatic nitrogens is 1. The molecule has 47 heavy (non-hydrogen) atoms. The molecule has 2 fully saturated rings. The predicted molar refractivity (Wildman–Crippen MR) is 181 cm³/mol. The standard InChI is InChI=1S/C38H39FN4O3S/c1-38(2,39)28-13-11-25(12-14-28)30-8-5-6-10-32(30)35(44)41-19-15-26(16-20-41)34-40-33(24-47-34)37(46)42-21-17-29(18-22-42)43-23-27-7-3-4-9-31(27)36(43)45/h3-14,24,26,29H,15-23H2,1-2H3. The molecule has 242 valence electrons. The molecule has 3 amide bonds. The lowest BCUT2D eigenvalue weighted by Crippen LogP contribution is -2.46. The topological polar surface area (TPSA) is 73.8 Å². The molecule has 0 saturated carbocycles. The summed E-state index contributed by atoms with van der Waals surface area (Å²) in [5.74, 6) is 0.243. The molecule has 3 aliphatic heterocycles. The van der Waals surface area contributed by atoms with Crippen LogP contribution >= 0.6 is 11.3 Å². The number of hydrogen-bond donors (Lipinski definition) is 0.